The fourth-order valence-electron chi connectivity index (χ4n) is 2.20. The molecule has 0 spiro atoms. The lowest BCUT2D eigenvalue weighted by Gasteiger charge is -2.38. The maximum absolute atomic E-state index is 12.4. The number of hydrogen-bond donors (Lipinski definition) is 1. The van der Waals surface area contributed by atoms with Crippen LogP contribution in [0.2, 0.25) is 0 Å². The molecular weight excluding hydrogens is 248 g/mol. The van der Waals surface area contributed by atoms with E-state index in [1.165, 1.54) is 18.3 Å². The predicted octanol–water partition coefficient (Wildman–Crippen LogP) is 1.03. The summed E-state index contributed by atoms with van der Waals surface area (Å²) in [5.74, 6) is -1.25. The van der Waals surface area contributed by atoms with Crippen molar-refractivity contribution >= 4 is 11.9 Å². The first-order valence-electron chi connectivity index (χ1n) is 6.10. The van der Waals surface area contributed by atoms with Gasteiger partial charge < -0.3 is 14.7 Å². The summed E-state index contributed by atoms with van der Waals surface area (Å²) in [6.07, 6.45) is 1.31. The number of amides is 1. The van der Waals surface area contributed by atoms with Crippen LogP contribution in [0.25, 0.3) is 0 Å². The lowest BCUT2D eigenvalue weighted by Crippen LogP contribution is -2.52. The highest BCUT2D eigenvalue weighted by atomic mass is 16.5. The topological polar surface area (TPSA) is 79.7 Å². The first-order valence-corrected chi connectivity index (χ1v) is 6.10. The Hall–Kier alpha value is -1.95. The van der Waals surface area contributed by atoms with Crippen LogP contribution in [0.4, 0.5) is 0 Å². The standard InChI is InChI=1S/C13H16N2O4/c1-8-6-19-7-9(2)15(8)12(16)10-3-4-11(13(17)18)14-5-10/h3-5,8-9H,6-7H2,1-2H3,(H,17,18)/t8-,9-/m1/s1. The van der Waals surface area contributed by atoms with Crippen LogP contribution < -0.4 is 0 Å². The maximum atomic E-state index is 12.4. The van der Waals surface area contributed by atoms with E-state index in [4.69, 9.17) is 9.84 Å². The van der Waals surface area contributed by atoms with Crippen molar-refractivity contribution in [3.63, 3.8) is 0 Å². The summed E-state index contributed by atoms with van der Waals surface area (Å²) in [6.45, 7) is 4.87. The molecule has 2 rings (SSSR count). The minimum Gasteiger partial charge on any atom is -0.477 e. The van der Waals surface area contributed by atoms with Gasteiger partial charge in [0.15, 0.2) is 0 Å². The molecule has 19 heavy (non-hydrogen) atoms. The van der Waals surface area contributed by atoms with Crippen molar-refractivity contribution in [2.24, 2.45) is 0 Å². The Morgan fingerprint density at radius 1 is 1.32 bits per heavy atom. The van der Waals surface area contributed by atoms with Crippen molar-refractivity contribution in [1.29, 1.82) is 0 Å². The van der Waals surface area contributed by atoms with Gasteiger partial charge in [-0.15, -0.1) is 0 Å². The first kappa shape index (κ1) is 13.5. The third-order valence-corrected chi connectivity index (χ3v) is 3.13. The second-order valence-corrected chi connectivity index (χ2v) is 4.69. The lowest BCUT2D eigenvalue weighted by atomic mass is 10.1. The van der Waals surface area contributed by atoms with Crippen LogP contribution in [0.15, 0.2) is 18.3 Å². The zero-order chi connectivity index (χ0) is 14.0. The van der Waals surface area contributed by atoms with Gasteiger partial charge in [-0.25, -0.2) is 9.78 Å². The molecule has 1 saturated heterocycles. The number of rotatable bonds is 2. The Morgan fingerprint density at radius 2 is 1.95 bits per heavy atom. The summed E-state index contributed by atoms with van der Waals surface area (Å²) in [4.78, 5) is 28.6. The molecule has 1 aliphatic heterocycles. The SMILES string of the molecule is C[C@@H]1COC[C@@H](C)N1C(=O)c1ccc(C(=O)O)nc1. The number of aromatic carboxylic acids is 1. The van der Waals surface area contributed by atoms with Gasteiger partial charge in [0.25, 0.3) is 5.91 Å². The van der Waals surface area contributed by atoms with Crippen LogP contribution in [-0.4, -0.2) is 52.2 Å². The monoisotopic (exact) mass is 264 g/mol. The number of hydrogen-bond acceptors (Lipinski definition) is 4. The van der Waals surface area contributed by atoms with E-state index < -0.39 is 5.97 Å². The van der Waals surface area contributed by atoms with Crippen LogP contribution in [0.5, 0.6) is 0 Å². The Kier molecular flexibility index (Phi) is 3.80. The summed E-state index contributed by atoms with van der Waals surface area (Å²) in [7, 11) is 0. The average molecular weight is 264 g/mol. The van der Waals surface area contributed by atoms with E-state index in [1.54, 1.807) is 4.90 Å². The molecule has 6 nitrogen and oxygen atoms in total. The van der Waals surface area contributed by atoms with Crippen molar-refractivity contribution in [3.8, 4) is 0 Å². The van der Waals surface area contributed by atoms with Crippen molar-refractivity contribution in [2.75, 3.05) is 13.2 Å². The van der Waals surface area contributed by atoms with Gasteiger partial charge in [-0.05, 0) is 26.0 Å². The molecule has 1 fully saturated rings. The fraction of sp³-hybridized carbons (Fsp3) is 0.462. The van der Waals surface area contributed by atoms with Crippen LogP contribution in [-0.2, 0) is 4.74 Å². The highest BCUT2D eigenvalue weighted by Gasteiger charge is 2.30. The van der Waals surface area contributed by atoms with Crippen molar-refractivity contribution < 1.29 is 19.4 Å². The molecule has 1 amide bonds. The van der Waals surface area contributed by atoms with Crippen molar-refractivity contribution in [2.45, 2.75) is 25.9 Å². The zero-order valence-electron chi connectivity index (χ0n) is 10.9. The van der Waals surface area contributed by atoms with Gasteiger partial charge in [-0.2, -0.15) is 0 Å². The van der Waals surface area contributed by atoms with Gasteiger partial charge in [0.2, 0.25) is 0 Å². The van der Waals surface area contributed by atoms with Gasteiger partial charge in [0.05, 0.1) is 30.9 Å². The van der Waals surface area contributed by atoms with E-state index in [1.807, 2.05) is 13.8 Å². The number of carboxylic acid groups (broad SMARTS) is 1. The molecule has 0 aliphatic carbocycles. The molecule has 0 radical (unpaired) electrons. The Morgan fingerprint density at radius 3 is 2.42 bits per heavy atom. The fourth-order valence-corrected chi connectivity index (χ4v) is 2.20. The van der Waals surface area contributed by atoms with Gasteiger partial charge in [0.1, 0.15) is 5.69 Å². The normalized spacial score (nSPS) is 23.2. The molecule has 1 aliphatic rings. The number of carbonyl (C=O) groups excluding carboxylic acids is 1. The molecule has 1 N–H and O–H groups in total. The Balaban J connectivity index is 2.20. The smallest absolute Gasteiger partial charge is 0.354 e. The molecule has 0 aromatic carbocycles. The van der Waals surface area contributed by atoms with E-state index in [0.29, 0.717) is 18.8 Å². The van der Waals surface area contributed by atoms with Crippen LogP contribution in [0, 0.1) is 0 Å². The lowest BCUT2D eigenvalue weighted by molar-refractivity contribution is -0.0249. The predicted molar refractivity (Wildman–Crippen MR) is 67.1 cm³/mol. The summed E-state index contributed by atoms with van der Waals surface area (Å²) in [5.41, 5.74) is 0.324. The second-order valence-electron chi connectivity index (χ2n) is 4.69. The van der Waals surface area contributed by atoms with Gasteiger partial charge in [0, 0.05) is 6.20 Å². The number of carbonyl (C=O) groups is 2. The number of carboxylic acids is 1. The molecule has 2 heterocycles. The zero-order valence-corrected chi connectivity index (χ0v) is 10.9. The third-order valence-electron chi connectivity index (χ3n) is 3.13. The highest BCUT2D eigenvalue weighted by molar-refractivity contribution is 5.95. The maximum Gasteiger partial charge on any atom is 0.354 e. The first-order chi connectivity index (χ1) is 9.00. The average Bonchev–Trinajstić information content (AvgIpc) is 2.38. The van der Waals surface area contributed by atoms with Crippen LogP contribution in [0.3, 0.4) is 0 Å². The second kappa shape index (κ2) is 5.36. The molecule has 102 valence electrons. The highest BCUT2D eigenvalue weighted by Crippen LogP contribution is 2.17. The molecule has 6 heteroatoms. The molecule has 2 atom stereocenters. The quantitative estimate of drug-likeness (QED) is 0.863. The molecular formula is C13H16N2O4. The van der Waals surface area contributed by atoms with Crippen molar-refractivity contribution in [3.05, 3.63) is 29.6 Å². The van der Waals surface area contributed by atoms with E-state index in [-0.39, 0.29) is 23.7 Å². The number of ether oxygens (including phenoxy) is 1. The summed E-state index contributed by atoms with van der Waals surface area (Å²) < 4.78 is 5.37. The largest absolute Gasteiger partial charge is 0.477 e. The summed E-state index contributed by atoms with van der Waals surface area (Å²) >= 11 is 0. The minimum absolute atomic E-state index is 0.00426. The minimum atomic E-state index is -1.10. The van der Waals surface area contributed by atoms with Crippen LogP contribution in [0.1, 0.15) is 34.7 Å². The van der Waals surface area contributed by atoms with E-state index >= 15 is 0 Å². The number of nitrogens with zero attached hydrogens (tertiary/aromatic N) is 2. The molecule has 0 unspecified atom stereocenters. The van der Waals surface area contributed by atoms with E-state index in [9.17, 15) is 9.59 Å². The Bertz CT molecular complexity index is 476. The summed E-state index contributed by atoms with van der Waals surface area (Å²) in [5, 5.41) is 8.77. The van der Waals surface area contributed by atoms with Gasteiger partial charge in [-0.3, -0.25) is 4.79 Å². The Labute approximate surface area is 111 Å². The van der Waals surface area contributed by atoms with Crippen LogP contribution >= 0.6 is 0 Å². The molecule has 1 aromatic rings. The van der Waals surface area contributed by atoms with Gasteiger partial charge in [-0.1, -0.05) is 0 Å². The number of morpholine rings is 1. The molecule has 0 bridgehead atoms. The third kappa shape index (κ3) is 2.73. The number of pyridine rings is 1. The molecule has 1 aromatic heterocycles. The van der Waals surface area contributed by atoms with Gasteiger partial charge >= 0.3 is 5.97 Å². The molecule has 0 saturated carbocycles. The van der Waals surface area contributed by atoms with E-state index in [0.717, 1.165) is 0 Å². The van der Waals surface area contributed by atoms with Crippen molar-refractivity contribution in [1.82, 2.24) is 9.88 Å². The van der Waals surface area contributed by atoms with E-state index in [2.05, 4.69) is 4.98 Å². The summed E-state index contributed by atoms with van der Waals surface area (Å²) in [6, 6.07) is 2.82. The number of aromatic nitrogens is 1.